The van der Waals surface area contributed by atoms with Crippen LogP contribution in [-0.2, 0) is 34.0 Å². The smallest absolute Gasteiger partial charge is 0.286 e. The lowest BCUT2D eigenvalue weighted by atomic mass is 9.95. The Balaban J connectivity index is 1.42. The van der Waals surface area contributed by atoms with E-state index in [2.05, 4.69) is 10.7 Å². The third-order valence-electron chi connectivity index (χ3n) is 5.26. The number of benzene rings is 2. The number of aliphatic hydroxyl groups excluding tert-OH is 1. The molecule has 0 fully saturated rings. The van der Waals surface area contributed by atoms with Crippen LogP contribution < -0.4 is 5.32 Å². The predicted molar refractivity (Wildman–Crippen MR) is 120 cm³/mol. The van der Waals surface area contributed by atoms with Crippen molar-refractivity contribution < 1.29 is 23.8 Å². The lowest BCUT2D eigenvalue weighted by Gasteiger charge is -2.29. The van der Waals surface area contributed by atoms with Gasteiger partial charge in [0.05, 0.1) is 13.2 Å². The fraction of sp³-hybridized carbons (Fsp3) is 0.240. The number of carbonyl (C=O) groups excluding carboxylic acids is 1. The topological polar surface area (TPSA) is 67.8 Å². The highest BCUT2D eigenvalue weighted by atomic mass is 32.1. The Bertz CT molecular complexity index is 1050. The predicted octanol–water partition coefficient (Wildman–Crippen LogP) is 4.63. The third kappa shape index (κ3) is 5.82. The summed E-state index contributed by atoms with van der Waals surface area (Å²) < 4.78 is 25.0. The molecular formula is C25H24FNO4S. The molecule has 166 valence electrons. The Labute approximate surface area is 190 Å². The molecule has 3 aromatic rings. The summed E-state index contributed by atoms with van der Waals surface area (Å²) in [6.45, 7) is 0.596. The van der Waals surface area contributed by atoms with Crippen molar-refractivity contribution in [2.45, 2.75) is 38.4 Å². The van der Waals surface area contributed by atoms with Crippen LogP contribution in [0.25, 0.3) is 0 Å². The number of carbonyl (C=O) groups is 1. The van der Waals surface area contributed by atoms with Crippen molar-refractivity contribution in [1.82, 2.24) is 5.32 Å². The van der Waals surface area contributed by atoms with Crippen molar-refractivity contribution in [3.05, 3.63) is 105 Å². The first-order chi connectivity index (χ1) is 15.6. The maximum atomic E-state index is 13.1. The van der Waals surface area contributed by atoms with E-state index in [9.17, 15) is 14.3 Å². The normalized spacial score (nSPS) is 18.0. The number of rotatable bonds is 8. The number of hydrogen-bond acceptors (Lipinski definition) is 5. The van der Waals surface area contributed by atoms with Crippen molar-refractivity contribution in [2.75, 3.05) is 0 Å². The van der Waals surface area contributed by atoms with Crippen LogP contribution >= 0.6 is 11.3 Å². The summed E-state index contributed by atoms with van der Waals surface area (Å²) in [6, 6.07) is 15.5. The Hall–Kier alpha value is -3.00. The number of hydrogen-bond donors (Lipinski definition) is 2. The van der Waals surface area contributed by atoms with Gasteiger partial charge in [0.2, 0.25) is 6.29 Å². The van der Waals surface area contributed by atoms with Gasteiger partial charge in [-0.05, 0) is 57.3 Å². The van der Waals surface area contributed by atoms with Gasteiger partial charge in [-0.2, -0.15) is 11.3 Å². The molecule has 5 nitrogen and oxygen atoms in total. The highest BCUT2D eigenvalue weighted by Gasteiger charge is 2.29. The van der Waals surface area contributed by atoms with Gasteiger partial charge in [0.25, 0.3) is 5.91 Å². The van der Waals surface area contributed by atoms with Crippen molar-refractivity contribution in [3.8, 4) is 0 Å². The standard InChI is InChI=1S/C25H24FNO4S/c26-22-7-5-17(6-8-22)13-27-25(29)23-11-21(20-9-10-32-16-20)12-24(31-23)30-15-19-3-1-18(14-28)2-4-19/h1-11,16,21,24,28H,12-15H2,(H,27,29). The average Bonchev–Trinajstić information content (AvgIpc) is 3.37. The van der Waals surface area contributed by atoms with Gasteiger partial charge in [-0.15, -0.1) is 0 Å². The number of halogens is 1. The molecule has 2 N–H and O–H groups in total. The molecule has 0 radical (unpaired) electrons. The van der Waals surface area contributed by atoms with Gasteiger partial charge in [0, 0.05) is 18.9 Å². The van der Waals surface area contributed by atoms with E-state index in [1.807, 2.05) is 41.8 Å². The lowest BCUT2D eigenvalue weighted by molar-refractivity contribution is -0.150. The number of thiophene rings is 1. The van der Waals surface area contributed by atoms with Crippen LogP contribution in [0.4, 0.5) is 4.39 Å². The zero-order valence-corrected chi connectivity index (χ0v) is 18.2. The molecular weight excluding hydrogens is 429 g/mol. The molecule has 0 saturated carbocycles. The zero-order chi connectivity index (χ0) is 22.3. The maximum Gasteiger partial charge on any atom is 0.286 e. The van der Waals surface area contributed by atoms with E-state index in [4.69, 9.17) is 9.47 Å². The van der Waals surface area contributed by atoms with Crippen LogP contribution in [0.5, 0.6) is 0 Å². The molecule has 2 atom stereocenters. The number of ether oxygens (including phenoxy) is 2. The minimum atomic E-state index is -0.575. The summed E-state index contributed by atoms with van der Waals surface area (Å²) >= 11 is 1.60. The first-order valence-corrected chi connectivity index (χ1v) is 11.3. The molecule has 7 heteroatoms. The zero-order valence-electron chi connectivity index (χ0n) is 17.4. The van der Waals surface area contributed by atoms with Crippen LogP contribution in [0.1, 0.15) is 34.6 Å². The third-order valence-corrected chi connectivity index (χ3v) is 5.96. The molecule has 0 bridgehead atoms. The molecule has 2 heterocycles. The van der Waals surface area contributed by atoms with Gasteiger partial charge in [-0.25, -0.2) is 4.39 Å². The Morgan fingerprint density at radius 2 is 1.81 bits per heavy atom. The second-order valence-electron chi connectivity index (χ2n) is 7.57. The Morgan fingerprint density at radius 1 is 1.09 bits per heavy atom. The Morgan fingerprint density at radius 3 is 2.50 bits per heavy atom. The molecule has 1 amide bonds. The fourth-order valence-corrected chi connectivity index (χ4v) is 4.16. The van der Waals surface area contributed by atoms with Crippen molar-refractivity contribution in [2.24, 2.45) is 0 Å². The summed E-state index contributed by atoms with van der Waals surface area (Å²) in [5, 5.41) is 16.1. The van der Waals surface area contributed by atoms with E-state index in [0.29, 0.717) is 13.0 Å². The second kappa shape index (κ2) is 10.5. The second-order valence-corrected chi connectivity index (χ2v) is 8.35. The first-order valence-electron chi connectivity index (χ1n) is 10.3. The van der Waals surface area contributed by atoms with Gasteiger partial charge in [-0.3, -0.25) is 4.79 Å². The van der Waals surface area contributed by atoms with Crippen LogP contribution in [0, 0.1) is 5.82 Å². The summed E-state index contributed by atoms with van der Waals surface area (Å²) in [6.07, 6.45) is 1.85. The van der Waals surface area contributed by atoms with E-state index >= 15 is 0 Å². The molecule has 0 aliphatic carbocycles. The minimum absolute atomic E-state index is 0.00309. The molecule has 1 aliphatic heterocycles. The van der Waals surface area contributed by atoms with Crippen LogP contribution in [0.3, 0.4) is 0 Å². The molecule has 4 rings (SSSR count). The van der Waals surface area contributed by atoms with Crippen molar-refractivity contribution in [3.63, 3.8) is 0 Å². The number of amides is 1. The number of aliphatic hydroxyl groups is 1. The van der Waals surface area contributed by atoms with Crippen LogP contribution in [0.2, 0.25) is 0 Å². The summed E-state index contributed by atoms with van der Waals surface area (Å²) in [5.41, 5.74) is 3.70. The molecule has 1 aliphatic rings. The highest BCUT2D eigenvalue weighted by Crippen LogP contribution is 2.33. The quantitative estimate of drug-likeness (QED) is 0.522. The number of nitrogens with one attached hydrogen (secondary N) is 1. The maximum absolute atomic E-state index is 13.1. The van der Waals surface area contributed by atoms with Crippen molar-refractivity contribution >= 4 is 17.2 Å². The molecule has 32 heavy (non-hydrogen) atoms. The molecule has 0 saturated heterocycles. The van der Waals surface area contributed by atoms with E-state index < -0.39 is 6.29 Å². The van der Waals surface area contributed by atoms with E-state index in [1.165, 1.54) is 12.1 Å². The van der Waals surface area contributed by atoms with E-state index in [0.717, 1.165) is 22.3 Å². The minimum Gasteiger partial charge on any atom is -0.459 e. The lowest BCUT2D eigenvalue weighted by Crippen LogP contribution is -2.32. The Kier molecular flexibility index (Phi) is 7.32. The average molecular weight is 454 g/mol. The fourth-order valence-electron chi connectivity index (χ4n) is 3.44. The first kappa shape index (κ1) is 22.2. The monoisotopic (exact) mass is 453 g/mol. The number of allylic oxidation sites excluding steroid dienone is 1. The SMILES string of the molecule is O=C(NCc1ccc(F)cc1)C1=CC(c2ccsc2)CC(OCc2ccc(CO)cc2)O1. The van der Waals surface area contributed by atoms with Gasteiger partial charge >= 0.3 is 0 Å². The van der Waals surface area contributed by atoms with E-state index in [1.54, 1.807) is 23.5 Å². The molecule has 2 aromatic carbocycles. The summed E-state index contributed by atoms with van der Waals surface area (Å²) in [4.78, 5) is 12.8. The van der Waals surface area contributed by atoms with Gasteiger partial charge in [0.1, 0.15) is 5.82 Å². The molecule has 1 aromatic heterocycles. The van der Waals surface area contributed by atoms with Crippen LogP contribution in [-0.4, -0.2) is 17.3 Å². The summed E-state index contributed by atoms with van der Waals surface area (Å²) in [7, 11) is 0. The van der Waals surface area contributed by atoms with Gasteiger partial charge < -0.3 is 19.9 Å². The molecule has 0 spiro atoms. The van der Waals surface area contributed by atoms with Gasteiger partial charge in [0.15, 0.2) is 5.76 Å². The van der Waals surface area contributed by atoms with Crippen LogP contribution in [0.15, 0.2) is 77.2 Å². The highest BCUT2D eigenvalue weighted by molar-refractivity contribution is 7.08. The largest absolute Gasteiger partial charge is 0.459 e. The van der Waals surface area contributed by atoms with E-state index in [-0.39, 0.29) is 36.6 Å². The molecule has 2 unspecified atom stereocenters. The van der Waals surface area contributed by atoms with Gasteiger partial charge in [-0.1, -0.05) is 36.4 Å². The van der Waals surface area contributed by atoms with Crippen molar-refractivity contribution in [1.29, 1.82) is 0 Å². The summed E-state index contributed by atoms with van der Waals surface area (Å²) in [5.74, 6) is -0.434.